The highest BCUT2D eigenvalue weighted by atomic mass is 19.3. The lowest BCUT2D eigenvalue weighted by Gasteiger charge is -2.10. The van der Waals surface area contributed by atoms with E-state index < -0.39 is 17.7 Å². The first-order chi connectivity index (χ1) is 10.9. The van der Waals surface area contributed by atoms with Crippen molar-refractivity contribution in [1.82, 2.24) is 4.98 Å². The Morgan fingerprint density at radius 3 is 2.74 bits per heavy atom. The molecule has 1 fully saturated rings. The molecule has 1 saturated carbocycles. The SMILES string of the molecule is COc1cccc(-c2cc(NC(=O)[C@H]3CC3(F)F)ccc2C)n1. The van der Waals surface area contributed by atoms with Crippen LogP contribution in [0.15, 0.2) is 36.4 Å². The summed E-state index contributed by atoms with van der Waals surface area (Å²) in [7, 11) is 1.53. The zero-order valence-electron chi connectivity index (χ0n) is 12.8. The number of methoxy groups -OCH3 is 1. The minimum Gasteiger partial charge on any atom is -0.481 e. The van der Waals surface area contributed by atoms with Gasteiger partial charge in [-0.2, -0.15) is 0 Å². The smallest absolute Gasteiger partial charge is 0.260 e. The summed E-state index contributed by atoms with van der Waals surface area (Å²) in [5, 5.41) is 2.55. The van der Waals surface area contributed by atoms with Crippen LogP contribution < -0.4 is 10.1 Å². The van der Waals surface area contributed by atoms with E-state index in [1.165, 1.54) is 7.11 Å². The Labute approximate surface area is 132 Å². The highest BCUT2D eigenvalue weighted by Crippen LogP contribution is 2.49. The summed E-state index contributed by atoms with van der Waals surface area (Å²) in [5.74, 6) is -4.26. The summed E-state index contributed by atoms with van der Waals surface area (Å²) in [5.41, 5.74) is 2.93. The molecule has 3 rings (SSSR count). The number of benzene rings is 1. The van der Waals surface area contributed by atoms with Crippen molar-refractivity contribution in [1.29, 1.82) is 0 Å². The molecule has 120 valence electrons. The Kier molecular flexibility index (Phi) is 3.75. The van der Waals surface area contributed by atoms with Gasteiger partial charge in [0.15, 0.2) is 0 Å². The fourth-order valence-electron chi connectivity index (χ4n) is 2.38. The Morgan fingerprint density at radius 2 is 2.09 bits per heavy atom. The van der Waals surface area contributed by atoms with Crippen LogP contribution >= 0.6 is 0 Å². The van der Waals surface area contributed by atoms with Gasteiger partial charge in [0.1, 0.15) is 5.92 Å². The normalized spacial score (nSPS) is 18.3. The minimum absolute atomic E-state index is 0.380. The molecule has 1 N–H and O–H groups in total. The molecule has 0 aliphatic heterocycles. The maximum Gasteiger partial charge on any atom is 0.260 e. The standard InChI is InChI=1S/C17H16F2N2O2/c1-10-6-7-11(20-16(22)13-9-17(13,18)19)8-12(10)14-4-3-5-15(21-14)23-2/h3-8,13H,9H2,1-2H3,(H,20,22)/t13-/m1/s1. The third-order valence-electron chi connectivity index (χ3n) is 3.86. The average molecular weight is 318 g/mol. The Morgan fingerprint density at radius 1 is 1.35 bits per heavy atom. The van der Waals surface area contributed by atoms with E-state index in [1.807, 2.05) is 25.1 Å². The second-order valence-corrected chi connectivity index (χ2v) is 5.60. The summed E-state index contributed by atoms with van der Waals surface area (Å²) < 4.78 is 31.0. The van der Waals surface area contributed by atoms with Crippen molar-refractivity contribution >= 4 is 11.6 Å². The molecule has 0 unspecified atom stereocenters. The van der Waals surface area contributed by atoms with Crippen molar-refractivity contribution in [2.45, 2.75) is 19.3 Å². The molecule has 0 spiro atoms. The Balaban J connectivity index is 1.86. The molecule has 23 heavy (non-hydrogen) atoms. The van der Waals surface area contributed by atoms with Gasteiger partial charge in [0.2, 0.25) is 11.8 Å². The number of anilines is 1. The number of aromatic nitrogens is 1. The lowest BCUT2D eigenvalue weighted by Crippen LogP contribution is -2.17. The van der Waals surface area contributed by atoms with E-state index in [4.69, 9.17) is 4.74 Å². The van der Waals surface area contributed by atoms with Crippen LogP contribution in [-0.2, 0) is 4.79 Å². The van der Waals surface area contributed by atoms with Crippen molar-refractivity contribution in [2.24, 2.45) is 5.92 Å². The van der Waals surface area contributed by atoms with Gasteiger partial charge in [0, 0.05) is 23.7 Å². The van der Waals surface area contributed by atoms with Crippen molar-refractivity contribution in [3.8, 4) is 17.1 Å². The van der Waals surface area contributed by atoms with Crippen LogP contribution in [0, 0.1) is 12.8 Å². The van der Waals surface area contributed by atoms with E-state index in [1.54, 1.807) is 18.2 Å². The molecule has 0 saturated heterocycles. The molecule has 1 atom stereocenters. The van der Waals surface area contributed by atoms with Gasteiger partial charge in [-0.1, -0.05) is 12.1 Å². The van der Waals surface area contributed by atoms with E-state index in [9.17, 15) is 13.6 Å². The molecule has 1 heterocycles. The molecule has 1 aromatic heterocycles. The highest BCUT2D eigenvalue weighted by Gasteiger charge is 2.61. The van der Waals surface area contributed by atoms with Crippen LogP contribution in [0.5, 0.6) is 5.88 Å². The monoisotopic (exact) mass is 318 g/mol. The predicted octanol–water partition coefficient (Wildman–Crippen LogP) is 3.66. The van der Waals surface area contributed by atoms with Gasteiger partial charge in [-0.3, -0.25) is 4.79 Å². The molecule has 4 nitrogen and oxygen atoms in total. The van der Waals surface area contributed by atoms with Gasteiger partial charge >= 0.3 is 0 Å². The number of ether oxygens (including phenoxy) is 1. The average Bonchev–Trinajstić information content (AvgIpc) is 3.18. The number of hydrogen-bond donors (Lipinski definition) is 1. The number of amides is 1. The van der Waals surface area contributed by atoms with E-state index in [0.29, 0.717) is 17.3 Å². The molecular formula is C17H16F2N2O2. The summed E-state index contributed by atoms with van der Waals surface area (Å²) in [6.07, 6.45) is -0.380. The molecule has 1 aliphatic rings. The fraction of sp³-hybridized carbons (Fsp3) is 0.294. The van der Waals surface area contributed by atoms with Crippen molar-refractivity contribution in [3.63, 3.8) is 0 Å². The van der Waals surface area contributed by atoms with Crippen LogP contribution in [-0.4, -0.2) is 23.9 Å². The summed E-state index contributed by atoms with van der Waals surface area (Å²) >= 11 is 0. The highest BCUT2D eigenvalue weighted by molar-refractivity contribution is 5.95. The zero-order chi connectivity index (χ0) is 16.6. The Bertz CT molecular complexity index is 762. The zero-order valence-corrected chi connectivity index (χ0v) is 12.8. The maximum atomic E-state index is 13.0. The third kappa shape index (κ3) is 3.16. The summed E-state index contributed by atoms with van der Waals surface area (Å²) in [4.78, 5) is 16.2. The van der Waals surface area contributed by atoms with Crippen LogP contribution in [0.1, 0.15) is 12.0 Å². The van der Waals surface area contributed by atoms with Crippen LogP contribution in [0.3, 0.4) is 0 Å². The Hall–Kier alpha value is -2.50. The van der Waals surface area contributed by atoms with Crippen molar-refractivity contribution in [3.05, 3.63) is 42.0 Å². The predicted molar refractivity (Wildman–Crippen MR) is 82.6 cm³/mol. The molecule has 1 aromatic carbocycles. The van der Waals surface area contributed by atoms with Gasteiger partial charge in [0.05, 0.1) is 12.8 Å². The largest absolute Gasteiger partial charge is 0.481 e. The third-order valence-corrected chi connectivity index (χ3v) is 3.86. The number of nitrogens with zero attached hydrogens (tertiary/aromatic N) is 1. The number of hydrogen-bond acceptors (Lipinski definition) is 3. The van der Waals surface area contributed by atoms with Crippen LogP contribution in [0.25, 0.3) is 11.3 Å². The minimum atomic E-state index is -2.87. The number of carbonyl (C=O) groups is 1. The van der Waals surface area contributed by atoms with Gasteiger partial charge in [-0.05, 0) is 30.7 Å². The second kappa shape index (κ2) is 5.61. The molecule has 0 radical (unpaired) electrons. The number of carbonyl (C=O) groups excluding carboxylic acids is 1. The molecule has 1 amide bonds. The van der Waals surface area contributed by atoms with Gasteiger partial charge < -0.3 is 10.1 Å². The quantitative estimate of drug-likeness (QED) is 0.936. The van der Waals surface area contributed by atoms with E-state index in [2.05, 4.69) is 10.3 Å². The van der Waals surface area contributed by atoms with Gasteiger partial charge in [0.25, 0.3) is 5.92 Å². The second-order valence-electron chi connectivity index (χ2n) is 5.60. The van der Waals surface area contributed by atoms with Gasteiger partial charge in [-0.25, -0.2) is 13.8 Å². The fourth-order valence-corrected chi connectivity index (χ4v) is 2.38. The first-order valence-electron chi connectivity index (χ1n) is 7.21. The molecule has 0 bridgehead atoms. The number of alkyl halides is 2. The molecule has 2 aromatic rings. The lowest BCUT2D eigenvalue weighted by molar-refractivity contribution is -0.119. The van der Waals surface area contributed by atoms with E-state index in [0.717, 1.165) is 11.1 Å². The first-order valence-corrected chi connectivity index (χ1v) is 7.21. The van der Waals surface area contributed by atoms with E-state index in [-0.39, 0.29) is 6.42 Å². The van der Waals surface area contributed by atoms with Crippen molar-refractivity contribution in [2.75, 3.05) is 12.4 Å². The summed E-state index contributed by atoms with van der Waals surface area (Å²) in [6, 6.07) is 10.6. The lowest BCUT2D eigenvalue weighted by atomic mass is 10.0. The van der Waals surface area contributed by atoms with Crippen LogP contribution in [0.2, 0.25) is 0 Å². The van der Waals surface area contributed by atoms with E-state index >= 15 is 0 Å². The number of nitrogens with one attached hydrogen (secondary N) is 1. The summed E-state index contributed by atoms with van der Waals surface area (Å²) in [6.45, 7) is 1.91. The number of pyridine rings is 1. The molecule has 1 aliphatic carbocycles. The molecular weight excluding hydrogens is 302 g/mol. The van der Waals surface area contributed by atoms with Gasteiger partial charge in [-0.15, -0.1) is 0 Å². The molecule has 6 heteroatoms. The number of rotatable bonds is 4. The van der Waals surface area contributed by atoms with Crippen LogP contribution in [0.4, 0.5) is 14.5 Å². The maximum absolute atomic E-state index is 13.0. The number of halogens is 2. The number of aryl methyl sites for hydroxylation is 1. The first kappa shape index (κ1) is 15.4. The topological polar surface area (TPSA) is 51.2 Å². The van der Waals surface area contributed by atoms with Crippen molar-refractivity contribution < 1.29 is 18.3 Å².